The van der Waals surface area contributed by atoms with E-state index in [0.29, 0.717) is 0 Å². The second-order valence-corrected chi connectivity index (χ2v) is 5.83. The highest BCUT2D eigenvalue weighted by Crippen LogP contribution is 2.49. The van der Waals surface area contributed by atoms with Gasteiger partial charge in [-0.15, -0.1) is 11.3 Å². The lowest BCUT2D eigenvalue weighted by atomic mass is 10.2. The molecule has 0 spiro atoms. The van der Waals surface area contributed by atoms with Gasteiger partial charge in [0.25, 0.3) is 0 Å². The Kier molecular flexibility index (Phi) is 2.31. The first-order chi connectivity index (χ1) is 6.83. The van der Waals surface area contributed by atoms with Crippen LogP contribution < -0.4 is 5.32 Å². The van der Waals surface area contributed by atoms with Crippen LogP contribution in [0, 0.1) is 5.92 Å². The summed E-state index contributed by atoms with van der Waals surface area (Å²) in [6.45, 7) is 1.21. The van der Waals surface area contributed by atoms with Crippen LogP contribution >= 0.6 is 22.9 Å². The summed E-state index contributed by atoms with van der Waals surface area (Å²) in [7, 11) is 0. The van der Waals surface area contributed by atoms with Gasteiger partial charge in [-0.05, 0) is 43.7 Å². The molecule has 14 heavy (non-hydrogen) atoms. The monoisotopic (exact) mass is 227 g/mol. The minimum Gasteiger partial charge on any atom is -0.314 e. The summed E-state index contributed by atoms with van der Waals surface area (Å²) in [5.41, 5.74) is 0. The summed E-state index contributed by atoms with van der Waals surface area (Å²) < 4.78 is 0. The summed E-state index contributed by atoms with van der Waals surface area (Å²) in [5.74, 6) is 1.68. The Bertz CT molecular complexity index is 332. The molecule has 2 aliphatic carbocycles. The highest BCUT2D eigenvalue weighted by atomic mass is 35.5. The van der Waals surface area contributed by atoms with Gasteiger partial charge in [0.2, 0.25) is 0 Å². The zero-order chi connectivity index (χ0) is 9.54. The molecule has 2 fully saturated rings. The van der Waals surface area contributed by atoms with E-state index in [9.17, 15) is 0 Å². The molecule has 2 atom stereocenters. The average molecular weight is 228 g/mol. The van der Waals surface area contributed by atoms with Crippen molar-refractivity contribution in [2.75, 3.05) is 6.54 Å². The molecule has 2 unspecified atom stereocenters. The van der Waals surface area contributed by atoms with E-state index < -0.39 is 0 Å². The van der Waals surface area contributed by atoms with Crippen molar-refractivity contribution in [3.05, 3.63) is 21.3 Å². The molecule has 1 nitrogen and oxygen atoms in total. The fourth-order valence-corrected chi connectivity index (χ4v) is 3.24. The molecule has 3 heteroatoms. The van der Waals surface area contributed by atoms with Gasteiger partial charge in [0.1, 0.15) is 0 Å². The molecule has 76 valence electrons. The van der Waals surface area contributed by atoms with E-state index >= 15 is 0 Å². The van der Waals surface area contributed by atoms with E-state index in [4.69, 9.17) is 11.6 Å². The molecule has 1 N–H and O–H groups in total. The van der Waals surface area contributed by atoms with Gasteiger partial charge in [-0.1, -0.05) is 11.6 Å². The van der Waals surface area contributed by atoms with Crippen LogP contribution in [0.25, 0.3) is 0 Å². The summed E-state index contributed by atoms with van der Waals surface area (Å²) >= 11 is 7.73. The lowest BCUT2D eigenvalue weighted by Crippen LogP contribution is -2.19. The van der Waals surface area contributed by atoms with Gasteiger partial charge in [-0.25, -0.2) is 0 Å². The normalized spacial score (nSPS) is 30.6. The Hall–Kier alpha value is -0.0500. The Labute approximate surface area is 93.5 Å². The molecule has 1 aromatic rings. The van der Waals surface area contributed by atoms with Crippen LogP contribution in [0.1, 0.15) is 30.1 Å². The third-order valence-corrected chi connectivity index (χ3v) is 4.53. The van der Waals surface area contributed by atoms with Crippen molar-refractivity contribution in [2.45, 2.75) is 31.2 Å². The van der Waals surface area contributed by atoms with E-state index in [-0.39, 0.29) is 0 Å². The molecule has 1 aromatic heterocycles. The second kappa shape index (κ2) is 3.51. The van der Waals surface area contributed by atoms with Gasteiger partial charge >= 0.3 is 0 Å². The van der Waals surface area contributed by atoms with Crippen molar-refractivity contribution >= 4 is 22.9 Å². The zero-order valence-electron chi connectivity index (χ0n) is 8.00. The molecule has 0 saturated heterocycles. The molecule has 3 rings (SSSR count). The molecular weight excluding hydrogens is 214 g/mol. The van der Waals surface area contributed by atoms with E-state index in [1.165, 1.54) is 30.7 Å². The lowest BCUT2D eigenvalue weighted by molar-refractivity contribution is 0.625. The fraction of sp³-hybridized carbons (Fsp3) is 0.636. The number of thiophene rings is 1. The molecule has 0 aliphatic heterocycles. The molecule has 0 aromatic carbocycles. The highest BCUT2D eigenvalue weighted by molar-refractivity contribution is 7.10. The number of hydrogen-bond donors (Lipinski definition) is 1. The third kappa shape index (κ3) is 1.97. The summed E-state index contributed by atoms with van der Waals surface area (Å²) in [5, 5.41) is 6.55. The van der Waals surface area contributed by atoms with Crippen LogP contribution in [0.5, 0.6) is 0 Å². The molecule has 0 bridgehead atoms. The number of nitrogens with one attached hydrogen (secondary N) is 1. The minimum absolute atomic E-state index is 0.804. The topological polar surface area (TPSA) is 12.0 Å². The maximum absolute atomic E-state index is 5.91. The lowest BCUT2D eigenvalue weighted by Gasteiger charge is -1.99. The quantitative estimate of drug-likeness (QED) is 0.833. The minimum atomic E-state index is 0.804. The van der Waals surface area contributed by atoms with Gasteiger partial charge in [-0.3, -0.25) is 0 Å². The Morgan fingerprint density at radius 3 is 3.00 bits per heavy atom. The smallest absolute Gasteiger partial charge is 0.0515 e. The molecule has 0 amide bonds. The van der Waals surface area contributed by atoms with Gasteiger partial charge in [-0.2, -0.15) is 0 Å². The third-order valence-electron chi connectivity index (χ3n) is 3.12. The Morgan fingerprint density at radius 2 is 2.36 bits per heavy atom. The molecule has 1 heterocycles. The van der Waals surface area contributed by atoms with Crippen molar-refractivity contribution in [2.24, 2.45) is 5.92 Å². The van der Waals surface area contributed by atoms with E-state index in [1.807, 2.05) is 16.7 Å². The Morgan fingerprint density at radius 1 is 1.50 bits per heavy atom. The SMILES string of the molecule is Clc1csc(C2CC2CNC2CC2)c1. The molecule has 2 saturated carbocycles. The number of halogens is 1. The number of hydrogen-bond acceptors (Lipinski definition) is 2. The predicted octanol–water partition coefficient (Wildman–Crippen LogP) is 3.26. The van der Waals surface area contributed by atoms with Crippen LogP contribution in [0.15, 0.2) is 11.4 Å². The van der Waals surface area contributed by atoms with Crippen LogP contribution in [-0.2, 0) is 0 Å². The van der Waals surface area contributed by atoms with E-state index in [0.717, 1.165) is 22.9 Å². The van der Waals surface area contributed by atoms with Gasteiger partial charge in [0, 0.05) is 16.3 Å². The average Bonchev–Trinajstić information content (AvgIpc) is 3.06. The van der Waals surface area contributed by atoms with E-state index in [2.05, 4.69) is 11.4 Å². The molecule has 2 aliphatic rings. The van der Waals surface area contributed by atoms with Crippen molar-refractivity contribution < 1.29 is 0 Å². The second-order valence-electron chi connectivity index (χ2n) is 4.45. The standard InChI is InChI=1S/C11H14ClNS/c12-8-4-11(14-6-8)10-3-7(10)5-13-9-1-2-9/h4,6-7,9-10,13H,1-3,5H2. The first-order valence-electron chi connectivity index (χ1n) is 5.30. The maximum atomic E-state index is 5.91. The predicted molar refractivity (Wildman–Crippen MR) is 61.2 cm³/mol. The first-order valence-corrected chi connectivity index (χ1v) is 6.56. The van der Waals surface area contributed by atoms with Crippen molar-refractivity contribution in [1.29, 1.82) is 0 Å². The van der Waals surface area contributed by atoms with Crippen molar-refractivity contribution in [1.82, 2.24) is 5.32 Å². The van der Waals surface area contributed by atoms with Gasteiger partial charge < -0.3 is 5.32 Å². The van der Waals surface area contributed by atoms with Crippen LogP contribution in [0.4, 0.5) is 0 Å². The maximum Gasteiger partial charge on any atom is 0.0515 e. The summed E-state index contributed by atoms with van der Waals surface area (Å²) in [6.07, 6.45) is 4.14. The largest absolute Gasteiger partial charge is 0.314 e. The van der Waals surface area contributed by atoms with Crippen LogP contribution in [-0.4, -0.2) is 12.6 Å². The molecular formula is C11H14ClNS. The summed E-state index contributed by atoms with van der Waals surface area (Å²) in [4.78, 5) is 1.48. The van der Waals surface area contributed by atoms with Crippen LogP contribution in [0.3, 0.4) is 0 Å². The number of rotatable bonds is 4. The fourth-order valence-electron chi connectivity index (χ4n) is 1.95. The Balaban J connectivity index is 1.51. The summed E-state index contributed by atoms with van der Waals surface area (Å²) in [6, 6.07) is 2.98. The van der Waals surface area contributed by atoms with Gasteiger partial charge in [0.05, 0.1) is 5.02 Å². The van der Waals surface area contributed by atoms with Crippen molar-refractivity contribution in [3.63, 3.8) is 0 Å². The van der Waals surface area contributed by atoms with Gasteiger partial charge in [0.15, 0.2) is 0 Å². The first kappa shape index (κ1) is 9.20. The molecule has 0 radical (unpaired) electrons. The van der Waals surface area contributed by atoms with E-state index in [1.54, 1.807) is 0 Å². The zero-order valence-corrected chi connectivity index (χ0v) is 9.57. The van der Waals surface area contributed by atoms with Crippen LogP contribution in [0.2, 0.25) is 5.02 Å². The van der Waals surface area contributed by atoms with Crippen molar-refractivity contribution in [3.8, 4) is 0 Å². The highest BCUT2D eigenvalue weighted by Gasteiger charge is 2.39.